The summed E-state index contributed by atoms with van der Waals surface area (Å²) in [6, 6.07) is 18.0. The van der Waals surface area contributed by atoms with E-state index in [1.807, 2.05) is 37.3 Å². The van der Waals surface area contributed by atoms with Gasteiger partial charge in [-0.1, -0.05) is 42.5 Å². The van der Waals surface area contributed by atoms with Gasteiger partial charge in [0, 0.05) is 38.9 Å². The summed E-state index contributed by atoms with van der Waals surface area (Å²) in [5.74, 6) is 0.747. The van der Waals surface area contributed by atoms with Crippen molar-refractivity contribution in [1.82, 2.24) is 20.2 Å². The van der Waals surface area contributed by atoms with Gasteiger partial charge in [0.05, 0.1) is 43.3 Å². The van der Waals surface area contributed by atoms with E-state index in [2.05, 4.69) is 44.5 Å². The molecule has 0 radical (unpaired) electrons. The largest absolute Gasteiger partial charge is 0.424 e. The van der Waals surface area contributed by atoms with Crippen molar-refractivity contribution >= 4 is 23.0 Å². The number of nitrogens with zero attached hydrogens (tertiary/aromatic N) is 3. The van der Waals surface area contributed by atoms with Crippen LogP contribution < -0.4 is 5.32 Å². The van der Waals surface area contributed by atoms with Gasteiger partial charge in [0.1, 0.15) is 11.9 Å². The first-order valence-electron chi connectivity index (χ1n) is 13.1. The number of carbonyl (C=O) groups excluding carboxylic acids is 2. The lowest BCUT2D eigenvalue weighted by molar-refractivity contribution is -0.785. The van der Waals surface area contributed by atoms with E-state index < -0.39 is 0 Å². The Labute approximate surface area is 212 Å². The number of aromatic amines is 1. The van der Waals surface area contributed by atoms with Crippen LogP contribution in [0.5, 0.6) is 0 Å². The van der Waals surface area contributed by atoms with Crippen LogP contribution in [0, 0.1) is 0 Å². The molecule has 2 aliphatic heterocycles. The SMILES string of the molecule is C[C@@H]1CCC[N+]1(C(=O)CCc1nc2ccccc2[nH]1)C(=O)NCC1CN(Cc2ccccc2)CCO1. The Bertz CT molecular complexity index is 1160. The average molecular weight is 491 g/mol. The fourth-order valence-corrected chi connectivity index (χ4v) is 5.64. The summed E-state index contributed by atoms with van der Waals surface area (Å²) >= 11 is 0. The third-order valence-corrected chi connectivity index (χ3v) is 7.66. The minimum Gasteiger partial charge on any atom is -0.374 e. The maximum absolute atomic E-state index is 13.5. The molecule has 0 saturated carbocycles. The van der Waals surface area contributed by atoms with E-state index in [1.165, 1.54) is 5.56 Å². The highest BCUT2D eigenvalue weighted by Crippen LogP contribution is 2.29. The molecule has 8 nitrogen and oxygen atoms in total. The number of aryl methyl sites for hydroxylation is 1. The zero-order valence-corrected chi connectivity index (χ0v) is 21.0. The van der Waals surface area contributed by atoms with Crippen LogP contribution >= 0.6 is 0 Å². The molecule has 2 saturated heterocycles. The molecule has 2 aromatic carbocycles. The third-order valence-electron chi connectivity index (χ3n) is 7.66. The summed E-state index contributed by atoms with van der Waals surface area (Å²) < 4.78 is 5.83. The van der Waals surface area contributed by atoms with Gasteiger partial charge in [-0.15, -0.1) is 0 Å². The lowest BCUT2D eigenvalue weighted by Gasteiger charge is -2.35. The minimum absolute atomic E-state index is 0.0324. The van der Waals surface area contributed by atoms with E-state index in [9.17, 15) is 9.59 Å². The van der Waals surface area contributed by atoms with Gasteiger partial charge in [0.25, 0.3) is 0 Å². The number of hydrogen-bond donors (Lipinski definition) is 2. The smallest absolute Gasteiger partial charge is 0.374 e. The van der Waals surface area contributed by atoms with Crippen molar-refractivity contribution < 1.29 is 18.8 Å². The van der Waals surface area contributed by atoms with Crippen LogP contribution in [0.2, 0.25) is 0 Å². The number of quaternary nitrogens is 1. The van der Waals surface area contributed by atoms with E-state index in [0.717, 1.165) is 49.3 Å². The van der Waals surface area contributed by atoms with Gasteiger partial charge in [-0.3, -0.25) is 4.90 Å². The first-order chi connectivity index (χ1) is 17.5. The molecule has 36 heavy (non-hydrogen) atoms. The van der Waals surface area contributed by atoms with Crippen LogP contribution in [0.15, 0.2) is 54.6 Å². The van der Waals surface area contributed by atoms with Crippen LogP contribution in [-0.4, -0.2) is 76.2 Å². The first-order valence-corrected chi connectivity index (χ1v) is 13.1. The van der Waals surface area contributed by atoms with E-state index >= 15 is 0 Å². The molecule has 190 valence electrons. The minimum atomic E-state index is -0.196. The highest BCUT2D eigenvalue weighted by Gasteiger charge is 2.52. The molecule has 2 N–H and O–H groups in total. The number of urea groups is 1. The van der Waals surface area contributed by atoms with E-state index in [0.29, 0.717) is 26.1 Å². The average Bonchev–Trinajstić information content (AvgIpc) is 3.50. The van der Waals surface area contributed by atoms with Gasteiger partial charge in [0.2, 0.25) is 0 Å². The number of amides is 3. The molecular formula is C28H36N5O3+. The molecule has 2 aliphatic rings. The Morgan fingerprint density at radius 2 is 1.97 bits per heavy atom. The predicted octanol–water partition coefficient (Wildman–Crippen LogP) is 3.63. The number of imide groups is 1. The number of ether oxygens (including phenoxy) is 1. The normalized spacial score (nSPS) is 24.7. The quantitative estimate of drug-likeness (QED) is 0.494. The van der Waals surface area contributed by atoms with Gasteiger partial charge in [-0.25, -0.2) is 14.6 Å². The molecule has 0 spiro atoms. The zero-order valence-electron chi connectivity index (χ0n) is 21.0. The predicted molar refractivity (Wildman–Crippen MR) is 138 cm³/mol. The maximum atomic E-state index is 13.5. The van der Waals surface area contributed by atoms with Crippen LogP contribution in [0.4, 0.5) is 4.79 Å². The van der Waals surface area contributed by atoms with Gasteiger partial charge in [0.15, 0.2) is 0 Å². The standard InChI is InChI=1S/C28H35N5O3/c1-21-8-7-16-33(21,27(34)14-13-26-30-24-11-5-6-12-25(24)31-26)28(35)29-18-23-20-32(15-17-36-23)19-22-9-3-2-4-10-22/h2-6,9-12,21,23H,7-8,13-20H2,1H3,(H-,29,30,31,35)/p+1/t21-,23?,33?/m1/s1. The molecule has 2 fully saturated rings. The van der Waals surface area contributed by atoms with Crippen molar-refractivity contribution in [1.29, 1.82) is 0 Å². The number of rotatable bonds is 7. The number of carbonyl (C=O) groups is 2. The van der Waals surface area contributed by atoms with Crippen molar-refractivity contribution in [3.63, 3.8) is 0 Å². The van der Waals surface area contributed by atoms with Crippen molar-refractivity contribution in [3.8, 4) is 0 Å². The number of para-hydroxylation sites is 2. The third kappa shape index (κ3) is 5.21. The summed E-state index contributed by atoms with van der Waals surface area (Å²) in [6.07, 6.45) is 2.43. The number of morpholine rings is 1. The van der Waals surface area contributed by atoms with Crippen LogP contribution in [0.1, 0.15) is 37.6 Å². The van der Waals surface area contributed by atoms with Crippen LogP contribution in [0.25, 0.3) is 11.0 Å². The molecule has 1 aromatic heterocycles. The van der Waals surface area contributed by atoms with Crippen molar-refractivity contribution in [3.05, 3.63) is 66.0 Å². The van der Waals surface area contributed by atoms with Gasteiger partial charge < -0.3 is 15.0 Å². The van der Waals surface area contributed by atoms with Crippen molar-refractivity contribution in [2.75, 3.05) is 32.8 Å². The second-order valence-electron chi connectivity index (χ2n) is 10.1. The Hall–Kier alpha value is -3.07. The van der Waals surface area contributed by atoms with Gasteiger partial charge in [-0.05, 0) is 24.6 Å². The number of benzene rings is 2. The Morgan fingerprint density at radius 3 is 2.75 bits per heavy atom. The number of nitrogens with one attached hydrogen (secondary N) is 2. The van der Waals surface area contributed by atoms with E-state index in [4.69, 9.17) is 4.74 Å². The molecule has 3 atom stereocenters. The Balaban J connectivity index is 1.19. The lowest BCUT2D eigenvalue weighted by Crippen LogP contribution is -2.63. The monoisotopic (exact) mass is 490 g/mol. The fraction of sp³-hybridized carbons (Fsp3) is 0.464. The fourth-order valence-electron chi connectivity index (χ4n) is 5.64. The molecule has 0 aliphatic carbocycles. The summed E-state index contributed by atoms with van der Waals surface area (Å²) in [7, 11) is 0. The zero-order chi connectivity index (χ0) is 25.0. The summed E-state index contributed by atoms with van der Waals surface area (Å²) in [4.78, 5) is 37.3. The maximum Gasteiger partial charge on any atom is 0.424 e. The van der Waals surface area contributed by atoms with Crippen molar-refractivity contribution in [2.24, 2.45) is 0 Å². The van der Waals surface area contributed by atoms with Gasteiger partial charge in [-0.2, -0.15) is 4.48 Å². The van der Waals surface area contributed by atoms with Crippen LogP contribution in [0.3, 0.4) is 0 Å². The van der Waals surface area contributed by atoms with E-state index in [1.54, 1.807) is 0 Å². The molecule has 3 heterocycles. The molecule has 5 rings (SSSR count). The highest BCUT2D eigenvalue weighted by atomic mass is 16.5. The summed E-state index contributed by atoms with van der Waals surface area (Å²) in [6.45, 7) is 6.11. The lowest BCUT2D eigenvalue weighted by atomic mass is 10.1. The number of hydrogen-bond acceptors (Lipinski definition) is 5. The number of H-pyrrole nitrogens is 1. The molecule has 0 bridgehead atoms. The Kier molecular flexibility index (Phi) is 7.46. The molecule has 3 amide bonds. The molecule has 8 heteroatoms. The van der Waals surface area contributed by atoms with Gasteiger partial charge >= 0.3 is 11.9 Å². The topological polar surface area (TPSA) is 87.3 Å². The molecule has 3 aromatic rings. The molecule has 2 unspecified atom stereocenters. The number of aromatic nitrogens is 2. The van der Waals surface area contributed by atoms with Crippen LogP contribution in [-0.2, 0) is 22.5 Å². The first kappa shape index (κ1) is 24.6. The Morgan fingerprint density at radius 1 is 1.17 bits per heavy atom. The number of fused-ring (bicyclic) bond motifs is 1. The number of likely N-dealkylation sites (tertiary alicyclic amines) is 1. The second kappa shape index (κ2) is 10.9. The van der Waals surface area contributed by atoms with Crippen molar-refractivity contribution in [2.45, 2.75) is 51.3 Å². The van der Waals surface area contributed by atoms with E-state index in [-0.39, 0.29) is 35.0 Å². The second-order valence-corrected chi connectivity index (χ2v) is 10.1. The highest BCUT2D eigenvalue weighted by molar-refractivity contribution is 5.84. The summed E-state index contributed by atoms with van der Waals surface area (Å²) in [5.41, 5.74) is 3.13. The summed E-state index contributed by atoms with van der Waals surface area (Å²) in [5, 5.41) is 3.09. The number of imidazole rings is 1. The molecular weight excluding hydrogens is 454 g/mol.